The van der Waals surface area contributed by atoms with Gasteiger partial charge in [0.2, 0.25) is 0 Å². The van der Waals surface area contributed by atoms with Gasteiger partial charge in [-0.3, -0.25) is 0 Å². The minimum Gasteiger partial charge on any atom is -0.394 e. The SMILES string of the molecule is CCCCO[Si](OCCCC)(OCCCC)O[Si](C)(C)C.[SiH4]. The van der Waals surface area contributed by atoms with E-state index in [4.69, 9.17) is 17.4 Å². The largest absolute Gasteiger partial charge is 0.669 e. The van der Waals surface area contributed by atoms with E-state index >= 15 is 0 Å². The van der Waals surface area contributed by atoms with Gasteiger partial charge in [0.25, 0.3) is 0 Å². The van der Waals surface area contributed by atoms with Crippen LogP contribution in [0, 0.1) is 0 Å². The number of unbranched alkanes of at least 4 members (excludes halogenated alkanes) is 3. The first-order chi connectivity index (χ1) is 9.89. The van der Waals surface area contributed by atoms with Crippen LogP contribution in [0.2, 0.25) is 19.6 Å². The van der Waals surface area contributed by atoms with Gasteiger partial charge >= 0.3 is 9.05 Å². The maximum Gasteiger partial charge on any atom is 0.669 e. The third-order valence-corrected chi connectivity index (χ3v) is 7.88. The molecule has 0 aliphatic rings. The van der Waals surface area contributed by atoms with E-state index in [0.29, 0.717) is 19.8 Å². The first kappa shape index (κ1) is 24.7. The first-order valence-electron chi connectivity index (χ1n) is 8.51. The van der Waals surface area contributed by atoms with E-state index in [2.05, 4.69) is 40.4 Å². The molecule has 0 aromatic heterocycles. The number of hydrogen-bond acceptors (Lipinski definition) is 4. The summed E-state index contributed by atoms with van der Waals surface area (Å²) in [7, 11) is -4.77. The molecule has 0 unspecified atom stereocenters. The zero-order chi connectivity index (χ0) is 16.2. The van der Waals surface area contributed by atoms with Gasteiger partial charge < -0.3 is 17.4 Å². The van der Waals surface area contributed by atoms with E-state index in [1.54, 1.807) is 0 Å². The normalized spacial score (nSPS) is 12.3. The molecule has 0 aromatic rings. The molecule has 0 aliphatic carbocycles. The minimum atomic E-state index is -2.98. The van der Waals surface area contributed by atoms with Crippen molar-refractivity contribution < 1.29 is 17.4 Å². The lowest BCUT2D eigenvalue weighted by atomic mass is 10.4. The van der Waals surface area contributed by atoms with E-state index in [9.17, 15) is 0 Å². The van der Waals surface area contributed by atoms with Crippen LogP contribution in [0.1, 0.15) is 59.3 Å². The zero-order valence-corrected chi connectivity index (χ0v) is 17.0. The maximum absolute atomic E-state index is 6.28. The molecule has 0 bridgehead atoms. The highest BCUT2D eigenvalue weighted by Gasteiger charge is 2.48. The van der Waals surface area contributed by atoms with Gasteiger partial charge in [0, 0.05) is 19.8 Å². The molecule has 0 N–H and O–H groups in total. The summed E-state index contributed by atoms with van der Waals surface area (Å²) < 4.78 is 24.4. The van der Waals surface area contributed by atoms with Crippen LogP contribution in [0.25, 0.3) is 0 Å². The second-order valence-corrected chi connectivity index (χ2v) is 13.2. The molecule has 7 heteroatoms. The topological polar surface area (TPSA) is 36.9 Å². The number of rotatable bonds is 14. The van der Waals surface area contributed by atoms with Crippen LogP contribution in [-0.2, 0) is 17.4 Å². The summed E-state index contributed by atoms with van der Waals surface area (Å²) in [4.78, 5) is 0. The molecule has 0 saturated heterocycles. The second-order valence-electron chi connectivity index (χ2n) is 6.32. The van der Waals surface area contributed by atoms with Crippen molar-refractivity contribution in [2.75, 3.05) is 19.8 Å². The highest BCUT2D eigenvalue weighted by Crippen LogP contribution is 2.20. The third-order valence-electron chi connectivity index (χ3n) is 2.76. The Hall–Kier alpha value is 0.491. The van der Waals surface area contributed by atoms with Gasteiger partial charge in [0.1, 0.15) is 0 Å². The Morgan fingerprint density at radius 2 is 0.955 bits per heavy atom. The smallest absolute Gasteiger partial charge is 0.394 e. The van der Waals surface area contributed by atoms with Crippen molar-refractivity contribution in [3.05, 3.63) is 0 Å². The molecule has 0 amide bonds. The molecule has 0 aromatic carbocycles. The van der Waals surface area contributed by atoms with E-state index in [1.807, 2.05) is 0 Å². The summed E-state index contributed by atoms with van der Waals surface area (Å²) in [5.41, 5.74) is 0. The minimum absolute atomic E-state index is 0. The average Bonchev–Trinajstić information content (AvgIpc) is 2.38. The summed E-state index contributed by atoms with van der Waals surface area (Å²) in [6, 6.07) is 0. The summed E-state index contributed by atoms with van der Waals surface area (Å²) in [5.74, 6) is 0. The predicted molar refractivity (Wildman–Crippen MR) is 104 cm³/mol. The molecule has 22 heavy (non-hydrogen) atoms. The average molecular weight is 369 g/mol. The molecule has 0 aliphatic heterocycles. The lowest BCUT2D eigenvalue weighted by Gasteiger charge is -2.33. The molecule has 0 spiro atoms. The molecule has 0 saturated carbocycles. The van der Waals surface area contributed by atoms with Crippen LogP contribution in [0.5, 0.6) is 0 Å². The van der Waals surface area contributed by atoms with Crippen molar-refractivity contribution >= 4 is 28.3 Å². The van der Waals surface area contributed by atoms with Gasteiger partial charge in [0.15, 0.2) is 8.32 Å². The van der Waals surface area contributed by atoms with E-state index < -0.39 is 17.4 Å². The van der Waals surface area contributed by atoms with Crippen molar-refractivity contribution in [1.82, 2.24) is 0 Å². The summed E-state index contributed by atoms with van der Waals surface area (Å²) in [5, 5.41) is 0. The van der Waals surface area contributed by atoms with E-state index in [1.165, 1.54) is 0 Å². The van der Waals surface area contributed by atoms with Crippen molar-refractivity contribution in [2.24, 2.45) is 0 Å². The lowest BCUT2D eigenvalue weighted by molar-refractivity contribution is -0.00389. The van der Waals surface area contributed by atoms with Crippen LogP contribution < -0.4 is 0 Å². The van der Waals surface area contributed by atoms with Gasteiger partial charge in [-0.1, -0.05) is 40.0 Å². The lowest BCUT2D eigenvalue weighted by Crippen LogP contribution is -2.55. The van der Waals surface area contributed by atoms with Gasteiger partial charge in [-0.15, -0.1) is 0 Å². The summed E-state index contributed by atoms with van der Waals surface area (Å²) >= 11 is 0. The molecule has 0 heterocycles. The van der Waals surface area contributed by atoms with E-state index in [-0.39, 0.29) is 11.0 Å². The fourth-order valence-electron chi connectivity index (χ4n) is 1.61. The third kappa shape index (κ3) is 13.0. The fourth-order valence-corrected chi connectivity index (χ4v) is 6.75. The number of hydrogen-bond donors (Lipinski definition) is 0. The predicted octanol–water partition coefficient (Wildman–Crippen LogP) is 3.27. The van der Waals surface area contributed by atoms with Crippen LogP contribution in [0.15, 0.2) is 0 Å². The molecule has 0 rings (SSSR count). The van der Waals surface area contributed by atoms with Crippen LogP contribution >= 0.6 is 0 Å². The van der Waals surface area contributed by atoms with Crippen LogP contribution in [0.4, 0.5) is 0 Å². The Morgan fingerprint density at radius 3 is 1.18 bits per heavy atom. The van der Waals surface area contributed by atoms with Crippen molar-refractivity contribution in [1.29, 1.82) is 0 Å². The second kappa shape index (κ2) is 13.9. The first-order valence-corrected chi connectivity index (χ1v) is 13.5. The monoisotopic (exact) mass is 368 g/mol. The molecular formula is C15H40O4Si3. The van der Waals surface area contributed by atoms with Crippen LogP contribution in [-0.4, -0.2) is 48.2 Å². The Kier molecular flexibility index (Phi) is 15.6. The van der Waals surface area contributed by atoms with Crippen molar-refractivity contribution in [3.8, 4) is 0 Å². The van der Waals surface area contributed by atoms with Crippen molar-refractivity contribution in [3.63, 3.8) is 0 Å². The van der Waals surface area contributed by atoms with Gasteiger partial charge in [0.05, 0.1) is 0 Å². The Balaban J connectivity index is 0. The van der Waals surface area contributed by atoms with Crippen molar-refractivity contribution in [2.45, 2.75) is 78.9 Å². The molecule has 0 radical (unpaired) electrons. The maximum atomic E-state index is 6.28. The Morgan fingerprint density at radius 1 is 0.636 bits per heavy atom. The quantitative estimate of drug-likeness (QED) is 0.348. The van der Waals surface area contributed by atoms with Gasteiger partial charge in [-0.2, -0.15) is 0 Å². The fraction of sp³-hybridized carbons (Fsp3) is 1.00. The molecule has 136 valence electrons. The summed E-state index contributed by atoms with van der Waals surface area (Å²) in [6.07, 6.45) is 6.33. The van der Waals surface area contributed by atoms with Gasteiger partial charge in [-0.05, 0) is 49.9 Å². The molecule has 0 atom stereocenters. The highest BCUT2D eigenvalue weighted by atomic mass is 28.5. The molecular weight excluding hydrogens is 328 g/mol. The van der Waals surface area contributed by atoms with E-state index in [0.717, 1.165) is 38.5 Å². The Labute approximate surface area is 144 Å². The van der Waals surface area contributed by atoms with Crippen LogP contribution in [0.3, 0.4) is 0 Å². The van der Waals surface area contributed by atoms with Gasteiger partial charge in [-0.25, -0.2) is 0 Å². The molecule has 4 nitrogen and oxygen atoms in total. The zero-order valence-electron chi connectivity index (χ0n) is 15.0. The summed E-state index contributed by atoms with van der Waals surface area (Å²) in [6.45, 7) is 14.9. The molecule has 0 fully saturated rings. The Bertz CT molecular complexity index is 221. The highest BCUT2D eigenvalue weighted by molar-refractivity contribution is 6.78. The standard InChI is InChI=1S/C15H36O4Si2.H4Si/c1-7-10-13-16-21(17-14-11-8-2,18-15-12-9-3)19-20(4,5)6;/h7-15H2,1-6H3;1H4.